The van der Waals surface area contributed by atoms with Crippen LogP contribution in [0.25, 0.3) is 0 Å². The molecule has 0 fully saturated rings. The molecule has 0 aromatic carbocycles. The largest absolute Gasteiger partial charge is 0.368 e. The van der Waals surface area contributed by atoms with Crippen LogP contribution in [0.15, 0.2) is 35.6 Å². The topological polar surface area (TPSA) is 3.24 Å². The lowest BCUT2D eigenvalue weighted by Gasteiger charge is -2.28. The molecule has 0 amide bonds. The van der Waals surface area contributed by atoms with Crippen molar-refractivity contribution in [2.45, 2.75) is 65.8 Å². The van der Waals surface area contributed by atoms with Gasteiger partial charge in [0.15, 0.2) is 0 Å². The van der Waals surface area contributed by atoms with Crippen LogP contribution in [0.3, 0.4) is 0 Å². The molecule has 1 atom stereocenters. The van der Waals surface area contributed by atoms with Crippen molar-refractivity contribution in [3.05, 3.63) is 35.6 Å². The third kappa shape index (κ3) is 3.76. The van der Waals surface area contributed by atoms with Crippen LogP contribution in [0.1, 0.15) is 59.8 Å². The Morgan fingerprint density at radius 2 is 2.00 bits per heavy atom. The number of hydrogen-bond donors (Lipinski definition) is 0. The Labute approximate surface area is 113 Å². The zero-order chi connectivity index (χ0) is 13.4. The summed E-state index contributed by atoms with van der Waals surface area (Å²) in [6.07, 6.45) is 15.2. The summed E-state index contributed by atoms with van der Waals surface area (Å²) >= 11 is 0. The lowest BCUT2D eigenvalue weighted by Crippen LogP contribution is -2.29. The molecule has 0 bridgehead atoms. The molecular formula is C17H29N. The van der Waals surface area contributed by atoms with Gasteiger partial charge >= 0.3 is 0 Å². The Kier molecular flexibility index (Phi) is 6.85. The van der Waals surface area contributed by atoms with E-state index >= 15 is 0 Å². The molecule has 0 spiro atoms. The van der Waals surface area contributed by atoms with Crippen LogP contribution < -0.4 is 0 Å². The molecule has 102 valence electrons. The van der Waals surface area contributed by atoms with Gasteiger partial charge in [0.25, 0.3) is 0 Å². The van der Waals surface area contributed by atoms with Crippen molar-refractivity contribution >= 4 is 0 Å². The third-order valence-electron chi connectivity index (χ3n) is 3.62. The molecule has 1 aliphatic rings. The maximum absolute atomic E-state index is 2.62. The standard InChI is InChI=1S/C17H29N/c1-5-9-10-12-16-14-15(8-4)17(11-6-2)18(16)13-7-3/h6,9-11,16H,5,7-8,12-14H2,1-4H3/b10-9+,11-6-. The van der Waals surface area contributed by atoms with Crippen molar-refractivity contribution in [3.63, 3.8) is 0 Å². The highest BCUT2D eigenvalue weighted by Gasteiger charge is 2.27. The molecule has 1 heteroatoms. The first-order valence-corrected chi connectivity index (χ1v) is 7.54. The summed E-state index contributed by atoms with van der Waals surface area (Å²) in [5.41, 5.74) is 3.13. The third-order valence-corrected chi connectivity index (χ3v) is 3.62. The van der Waals surface area contributed by atoms with Crippen molar-refractivity contribution in [3.8, 4) is 0 Å². The van der Waals surface area contributed by atoms with Gasteiger partial charge in [-0.1, -0.05) is 39.0 Å². The second-order valence-electron chi connectivity index (χ2n) is 5.01. The smallest absolute Gasteiger partial charge is 0.0362 e. The molecule has 1 aliphatic heterocycles. The maximum Gasteiger partial charge on any atom is 0.0362 e. The highest BCUT2D eigenvalue weighted by molar-refractivity contribution is 5.31. The molecule has 1 nitrogen and oxygen atoms in total. The Balaban J connectivity index is 2.81. The minimum absolute atomic E-state index is 0.689. The average molecular weight is 247 g/mol. The first kappa shape index (κ1) is 15.1. The molecule has 0 N–H and O–H groups in total. The van der Waals surface area contributed by atoms with Crippen molar-refractivity contribution in [1.29, 1.82) is 0 Å². The van der Waals surface area contributed by atoms with E-state index in [1.807, 2.05) is 0 Å². The van der Waals surface area contributed by atoms with Gasteiger partial charge in [0.05, 0.1) is 0 Å². The quantitative estimate of drug-likeness (QED) is 0.568. The maximum atomic E-state index is 2.62. The highest BCUT2D eigenvalue weighted by Crippen LogP contribution is 2.33. The average Bonchev–Trinajstić information content (AvgIpc) is 2.69. The van der Waals surface area contributed by atoms with Gasteiger partial charge in [0, 0.05) is 18.3 Å². The van der Waals surface area contributed by atoms with Gasteiger partial charge in [-0.25, -0.2) is 0 Å². The Morgan fingerprint density at radius 1 is 1.22 bits per heavy atom. The summed E-state index contributed by atoms with van der Waals surface area (Å²) in [6, 6.07) is 0.689. The lowest BCUT2D eigenvalue weighted by atomic mass is 10.0. The Hall–Kier alpha value is -0.980. The Bertz CT molecular complexity index is 323. The van der Waals surface area contributed by atoms with E-state index in [0.717, 1.165) is 6.42 Å². The molecule has 0 aromatic rings. The minimum Gasteiger partial charge on any atom is -0.368 e. The first-order valence-electron chi connectivity index (χ1n) is 7.54. The summed E-state index contributed by atoms with van der Waals surface area (Å²) in [5.74, 6) is 0. The molecule has 18 heavy (non-hydrogen) atoms. The van der Waals surface area contributed by atoms with Crippen molar-refractivity contribution in [2.24, 2.45) is 0 Å². The second-order valence-corrected chi connectivity index (χ2v) is 5.01. The fourth-order valence-electron chi connectivity index (χ4n) is 2.77. The van der Waals surface area contributed by atoms with Crippen LogP contribution in [-0.2, 0) is 0 Å². The van der Waals surface area contributed by atoms with E-state index in [9.17, 15) is 0 Å². The van der Waals surface area contributed by atoms with Crippen LogP contribution in [-0.4, -0.2) is 17.5 Å². The molecular weight excluding hydrogens is 218 g/mol. The zero-order valence-corrected chi connectivity index (χ0v) is 12.6. The summed E-state index contributed by atoms with van der Waals surface area (Å²) in [4.78, 5) is 2.62. The highest BCUT2D eigenvalue weighted by atomic mass is 15.2. The number of nitrogens with zero attached hydrogens (tertiary/aromatic N) is 1. The fraction of sp³-hybridized carbons (Fsp3) is 0.647. The fourth-order valence-corrected chi connectivity index (χ4v) is 2.77. The molecule has 0 saturated heterocycles. The predicted molar refractivity (Wildman–Crippen MR) is 81.6 cm³/mol. The van der Waals surface area contributed by atoms with Gasteiger partial charge in [0.2, 0.25) is 0 Å². The number of hydrogen-bond acceptors (Lipinski definition) is 1. The van der Waals surface area contributed by atoms with Gasteiger partial charge in [0.1, 0.15) is 0 Å². The summed E-state index contributed by atoms with van der Waals surface area (Å²) in [7, 11) is 0. The van der Waals surface area contributed by atoms with Crippen molar-refractivity contribution in [1.82, 2.24) is 4.90 Å². The van der Waals surface area contributed by atoms with Crippen LogP contribution in [0, 0.1) is 0 Å². The summed E-state index contributed by atoms with van der Waals surface area (Å²) < 4.78 is 0. The van der Waals surface area contributed by atoms with Crippen LogP contribution in [0.2, 0.25) is 0 Å². The van der Waals surface area contributed by atoms with Gasteiger partial charge in [-0.2, -0.15) is 0 Å². The van der Waals surface area contributed by atoms with E-state index in [0.29, 0.717) is 6.04 Å². The monoisotopic (exact) mass is 247 g/mol. The normalized spacial score (nSPS) is 20.9. The van der Waals surface area contributed by atoms with Crippen molar-refractivity contribution in [2.75, 3.05) is 6.54 Å². The van der Waals surface area contributed by atoms with Gasteiger partial charge < -0.3 is 4.90 Å². The van der Waals surface area contributed by atoms with Gasteiger partial charge in [-0.05, 0) is 50.7 Å². The van der Waals surface area contributed by atoms with Crippen LogP contribution in [0.4, 0.5) is 0 Å². The van der Waals surface area contributed by atoms with E-state index in [4.69, 9.17) is 0 Å². The second kappa shape index (κ2) is 8.18. The summed E-state index contributed by atoms with van der Waals surface area (Å²) in [5, 5.41) is 0. The first-order chi connectivity index (χ1) is 8.78. The molecule has 1 heterocycles. The SMILES string of the molecule is C/C=C\C1=C(CC)CC(C/C=C/CC)N1CCC. The minimum atomic E-state index is 0.689. The van der Waals surface area contributed by atoms with E-state index in [1.54, 1.807) is 5.57 Å². The van der Waals surface area contributed by atoms with Crippen LogP contribution >= 0.6 is 0 Å². The van der Waals surface area contributed by atoms with E-state index < -0.39 is 0 Å². The molecule has 1 rings (SSSR count). The van der Waals surface area contributed by atoms with E-state index in [2.05, 4.69) is 56.9 Å². The molecule has 0 radical (unpaired) electrons. The number of rotatable bonds is 7. The Morgan fingerprint density at radius 3 is 2.56 bits per heavy atom. The van der Waals surface area contributed by atoms with E-state index in [-0.39, 0.29) is 0 Å². The lowest BCUT2D eigenvalue weighted by molar-refractivity contribution is 0.286. The van der Waals surface area contributed by atoms with Crippen LogP contribution in [0.5, 0.6) is 0 Å². The van der Waals surface area contributed by atoms with E-state index in [1.165, 1.54) is 37.9 Å². The predicted octanol–water partition coefficient (Wildman–Crippen LogP) is 5.07. The van der Waals surface area contributed by atoms with Crippen molar-refractivity contribution < 1.29 is 0 Å². The molecule has 0 saturated carbocycles. The van der Waals surface area contributed by atoms with Gasteiger partial charge in [-0.3, -0.25) is 0 Å². The van der Waals surface area contributed by atoms with Gasteiger partial charge in [-0.15, -0.1) is 0 Å². The summed E-state index contributed by atoms with van der Waals surface area (Å²) in [6.45, 7) is 10.1. The number of allylic oxidation sites excluding steroid dienone is 3. The molecule has 0 aliphatic carbocycles. The zero-order valence-electron chi connectivity index (χ0n) is 12.6. The molecule has 1 unspecified atom stereocenters. The molecule has 0 aromatic heterocycles.